The molecule has 0 radical (unpaired) electrons. The molecule has 0 saturated carbocycles. The van der Waals surface area contributed by atoms with Crippen molar-refractivity contribution >= 4 is 15.9 Å². The van der Waals surface area contributed by atoms with Crippen LogP contribution in [0.1, 0.15) is 6.92 Å². The van der Waals surface area contributed by atoms with Crippen LogP contribution < -0.4 is 10.6 Å². The van der Waals surface area contributed by atoms with Crippen LogP contribution in [0.2, 0.25) is 0 Å². The summed E-state index contributed by atoms with van der Waals surface area (Å²) in [7, 11) is -3.33. The van der Waals surface area contributed by atoms with E-state index in [2.05, 4.69) is 16.4 Å². The highest BCUT2D eigenvalue weighted by atomic mass is 32.2. The van der Waals surface area contributed by atoms with E-state index in [1.54, 1.807) is 0 Å². The Hall–Kier alpha value is -1.08. The van der Waals surface area contributed by atoms with E-state index in [0.29, 0.717) is 0 Å². The van der Waals surface area contributed by atoms with Crippen molar-refractivity contribution in [2.24, 2.45) is 10.9 Å². The van der Waals surface area contributed by atoms with E-state index < -0.39 is 10.0 Å². The molecule has 0 heterocycles. The van der Waals surface area contributed by atoms with Crippen molar-refractivity contribution in [2.45, 2.75) is 6.92 Å². The highest BCUT2D eigenvalue weighted by Gasteiger charge is 2.01. The molecule has 6 nitrogen and oxygen atoms in total. The van der Waals surface area contributed by atoms with Crippen molar-refractivity contribution < 1.29 is 13.3 Å². The van der Waals surface area contributed by atoms with Gasteiger partial charge in [-0.2, -0.15) is 10.9 Å². The van der Waals surface area contributed by atoms with Gasteiger partial charge in [0.25, 0.3) is 0 Å². The fourth-order valence-corrected chi connectivity index (χ4v) is 0.927. The summed E-state index contributed by atoms with van der Waals surface area (Å²) in [5, 5.41) is 0. The summed E-state index contributed by atoms with van der Waals surface area (Å²) in [5.41, 5.74) is 0. The highest BCUT2D eigenvalue weighted by molar-refractivity contribution is 7.88. The first-order chi connectivity index (χ1) is 5.35. The van der Waals surface area contributed by atoms with E-state index in [4.69, 9.17) is 5.90 Å². The molecule has 0 aliphatic heterocycles. The topological polar surface area (TPSA) is 93.8 Å². The number of hydrogen-bond acceptors (Lipinski definition) is 5. The smallest absolute Gasteiger partial charge is 0.230 e. The van der Waals surface area contributed by atoms with Crippen LogP contribution in [-0.4, -0.2) is 20.6 Å². The second-order valence-electron chi connectivity index (χ2n) is 2.07. The summed E-state index contributed by atoms with van der Waals surface area (Å²) >= 11 is 0. The third-order valence-corrected chi connectivity index (χ3v) is 1.37. The minimum absolute atomic E-state index is 0.0412. The van der Waals surface area contributed by atoms with Crippen molar-refractivity contribution in [3.05, 3.63) is 12.4 Å². The number of sulfonamides is 1. The van der Waals surface area contributed by atoms with Crippen molar-refractivity contribution in [2.75, 3.05) is 6.26 Å². The summed E-state index contributed by atoms with van der Waals surface area (Å²) in [6, 6.07) is 0. The number of rotatable bonds is 3. The van der Waals surface area contributed by atoms with Crippen LogP contribution in [0.25, 0.3) is 0 Å². The maximum absolute atomic E-state index is 10.6. The van der Waals surface area contributed by atoms with E-state index in [0.717, 1.165) is 6.26 Å². The normalized spacial score (nSPS) is 12.4. The Morgan fingerprint density at radius 2 is 2.17 bits per heavy atom. The van der Waals surface area contributed by atoms with E-state index in [1.807, 2.05) is 4.72 Å². The van der Waals surface area contributed by atoms with Gasteiger partial charge in [-0.25, -0.2) is 8.42 Å². The zero-order valence-electron chi connectivity index (χ0n) is 6.86. The first-order valence-corrected chi connectivity index (χ1v) is 4.83. The third kappa shape index (κ3) is 5.69. The summed E-state index contributed by atoms with van der Waals surface area (Å²) in [4.78, 5) is 7.76. The lowest BCUT2D eigenvalue weighted by atomic mass is 10.7. The van der Waals surface area contributed by atoms with E-state index >= 15 is 0 Å². The molecular weight excluding hydrogens is 182 g/mol. The summed E-state index contributed by atoms with van der Waals surface area (Å²) in [5.74, 6) is 4.82. The predicted octanol–water partition coefficient (Wildman–Crippen LogP) is -0.684. The second-order valence-corrected chi connectivity index (χ2v) is 3.82. The molecule has 0 rings (SSSR count). The quantitative estimate of drug-likeness (QED) is 0.352. The largest absolute Gasteiger partial charge is 0.396 e. The first-order valence-electron chi connectivity index (χ1n) is 2.94. The van der Waals surface area contributed by atoms with Gasteiger partial charge in [0.05, 0.1) is 6.26 Å². The molecule has 0 aromatic heterocycles. The Morgan fingerprint density at radius 1 is 1.67 bits per heavy atom. The fourth-order valence-electron chi connectivity index (χ4n) is 0.453. The zero-order valence-corrected chi connectivity index (χ0v) is 7.68. The predicted molar refractivity (Wildman–Crippen MR) is 45.5 cm³/mol. The van der Waals surface area contributed by atoms with Crippen LogP contribution >= 0.6 is 0 Å². The van der Waals surface area contributed by atoms with Crippen LogP contribution in [0, 0.1) is 0 Å². The molecule has 0 spiro atoms. The van der Waals surface area contributed by atoms with Crippen LogP contribution in [0.5, 0.6) is 0 Å². The van der Waals surface area contributed by atoms with Gasteiger partial charge in [-0.3, -0.25) is 4.72 Å². The van der Waals surface area contributed by atoms with Crippen molar-refractivity contribution in [1.82, 2.24) is 4.72 Å². The number of nitrogens with one attached hydrogen (secondary N) is 1. The van der Waals surface area contributed by atoms with Gasteiger partial charge in [0.15, 0.2) is 0 Å². The molecule has 70 valence electrons. The molecule has 0 fully saturated rings. The average molecular weight is 193 g/mol. The molecule has 0 aliphatic carbocycles. The zero-order chi connectivity index (χ0) is 9.78. The monoisotopic (exact) mass is 193 g/mol. The molecular formula is C5H11N3O3S. The Kier molecular flexibility index (Phi) is 3.71. The van der Waals surface area contributed by atoms with Crippen LogP contribution in [0.3, 0.4) is 0 Å². The lowest BCUT2D eigenvalue weighted by molar-refractivity contribution is 0.317. The number of aliphatic imine (C=N–C) groups is 1. The maximum Gasteiger partial charge on any atom is 0.230 e. The SMILES string of the molecule is C=C(N=C(C)ON)NS(C)(=O)=O. The van der Waals surface area contributed by atoms with Gasteiger partial charge < -0.3 is 4.84 Å². The molecule has 12 heavy (non-hydrogen) atoms. The van der Waals surface area contributed by atoms with Gasteiger partial charge in [-0.05, 0) is 0 Å². The fraction of sp³-hybridized carbons (Fsp3) is 0.400. The van der Waals surface area contributed by atoms with Gasteiger partial charge in [-0.15, -0.1) is 0 Å². The molecule has 0 aromatic rings. The third-order valence-electron chi connectivity index (χ3n) is 0.766. The van der Waals surface area contributed by atoms with E-state index in [-0.39, 0.29) is 11.7 Å². The van der Waals surface area contributed by atoms with Crippen LogP contribution in [0.4, 0.5) is 0 Å². The maximum atomic E-state index is 10.6. The van der Waals surface area contributed by atoms with E-state index in [9.17, 15) is 8.42 Å². The Balaban J connectivity index is 4.27. The van der Waals surface area contributed by atoms with Gasteiger partial charge in [-0.1, -0.05) is 6.58 Å². The Morgan fingerprint density at radius 3 is 2.50 bits per heavy atom. The number of nitrogens with zero attached hydrogens (tertiary/aromatic N) is 1. The lowest BCUT2D eigenvalue weighted by Crippen LogP contribution is -2.20. The summed E-state index contributed by atoms with van der Waals surface area (Å²) < 4.78 is 23.2. The molecule has 3 N–H and O–H groups in total. The molecule has 0 aromatic carbocycles. The minimum atomic E-state index is -3.33. The Bertz CT molecular complexity index is 293. The molecule has 0 amide bonds. The number of hydrogen-bond donors (Lipinski definition) is 2. The second kappa shape index (κ2) is 4.07. The first kappa shape index (κ1) is 10.9. The lowest BCUT2D eigenvalue weighted by Gasteiger charge is -2.02. The van der Waals surface area contributed by atoms with Crippen LogP contribution in [-0.2, 0) is 14.9 Å². The highest BCUT2D eigenvalue weighted by Crippen LogP contribution is 1.90. The molecule has 0 unspecified atom stereocenters. The van der Waals surface area contributed by atoms with Gasteiger partial charge in [0.2, 0.25) is 15.9 Å². The van der Waals surface area contributed by atoms with Crippen molar-refractivity contribution in [1.29, 1.82) is 0 Å². The molecule has 0 bridgehead atoms. The van der Waals surface area contributed by atoms with Crippen LogP contribution in [0.15, 0.2) is 17.4 Å². The van der Waals surface area contributed by atoms with Gasteiger partial charge in [0, 0.05) is 6.92 Å². The van der Waals surface area contributed by atoms with Gasteiger partial charge >= 0.3 is 0 Å². The van der Waals surface area contributed by atoms with Gasteiger partial charge in [0.1, 0.15) is 5.82 Å². The molecule has 0 atom stereocenters. The standard InChI is InChI=1S/C5H11N3O3S/c1-4(7-5(2)11-6)8-12(3,9)10/h8H,1,6H2,2-3H3. The van der Waals surface area contributed by atoms with E-state index in [1.165, 1.54) is 6.92 Å². The number of nitrogens with two attached hydrogens (primary N) is 1. The summed E-state index contributed by atoms with van der Waals surface area (Å²) in [6.45, 7) is 4.78. The Labute approximate surface area is 71.1 Å². The average Bonchev–Trinajstić information content (AvgIpc) is 1.82. The molecule has 7 heteroatoms. The summed E-state index contributed by atoms with van der Waals surface area (Å²) in [6.07, 6.45) is 0.992. The van der Waals surface area contributed by atoms with Crippen molar-refractivity contribution in [3.8, 4) is 0 Å². The molecule has 0 saturated heterocycles. The van der Waals surface area contributed by atoms with Crippen molar-refractivity contribution in [3.63, 3.8) is 0 Å². The minimum Gasteiger partial charge on any atom is -0.396 e. The molecule has 0 aliphatic rings.